The molecule has 0 spiro atoms. The molecule has 2 nitrogen and oxygen atoms in total. The first-order chi connectivity index (χ1) is 7.95. The van der Waals surface area contributed by atoms with Crippen LogP contribution in [-0.2, 0) is 6.42 Å². The lowest BCUT2D eigenvalue weighted by atomic mass is 9.97. The highest BCUT2D eigenvalue weighted by Gasteiger charge is 2.49. The van der Waals surface area contributed by atoms with Crippen molar-refractivity contribution in [2.45, 2.75) is 32.7 Å². The summed E-state index contributed by atoms with van der Waals surface area (Å²) in [6.45, 7) is 4.41. The normalized spacial score (nSPS) is 23.5. The molecule has 0 aliphatic heterocycles. The molecule has 1 aromatic carbocycles. The van der Waals surface area contributed by atoms with Gasteiger partial charge in [0, 0.05) is 6.04 Å². The molecule has 1 fully saturated rings. The van der Waals surface area contributed by atoms with Crippen LogP contribution < -0.4 is 11.3 Å². The Morgan fingerprint density at radius 3 is 2.76 bits per heavy atom. The molecule has 0 amide bonds. The summed E-state index contributed by atoms with van der Waals surface area (Å²) in [6, 6.07) is 5.21. The number of rotatable bonds is 4. The van der Waals surface area contributed by atoms with Crippen LogP contribution in [0.4, 0.5) is 4.39 Å². The lowest BCUT2D eigenvalue weighted by Gasteiger charge is -2.18. The maximum absolute atomic E-state index is 13.8. The zero-order valence-electron chi connectivity index (χ0n) is 10.1. The van der Waals surface area contributed by atoms with Gasteiger partial charge in [-0.2, -0.15) is 0 Å². The van der Waals surface area contributed by atoms with E-state index in [1.54, 1.807) is 18.2 Å². The van der Waals surface area contributed by atoms with Crippen molar-refractivity contribution in [3.63, 3.8) is 0 Å². The van der Waals surface area contributed by atoms with Crippen molar-refractivity contribution >= 4 is 11.6 Å². The molecule has 0 aromatic heterocycles. The van der Waals surface area contributed by atoms with Gasteiger partial charge in [0.2, 0.25) is 0 Å². The molecule has 1 aliphatic carbocycles. The van der Waals surface area contributed by atoms with E-state index in [2.05, 4.69) is 19.3 Å². The molecule has 3 N–H and O–H groups in total. The maximum Gasteiger partial charge on any atom is 0.145 e. The Bertz CT molecular complexity index is 420. The van der Waals surface area contributed by atoms with E-state index >= 15 is 0 Å². The van der Waals surface area contributed by atoms with Gasteiger partial charge in [0.25, 0.3) is 0 Å². The van der Waals surface area contributed by atoms with Crippen molar-refractivity contribution in [1.82, 2.24) is 5.43 Å². The predicted molar refractivity (Wildman–Crippen MR) is 68.1 cm³/mol. The van der Waals surface area contributed by atoms with Crippen LogP contribution in [0.5, 0.6) is 0 Å². The first-order valence-electron chi connectivity index (χ1n) is 5.84. The van der Waals surface area contributed by atoms with E-state index in [1.807, 2.05) is 0 Å². The Balaban J connectivity index is 2.11. The third-order valence-electron chi connectivity index (χ3n) is 3.76. The molecular formula is C13H18ClFN2. The number of hydrogen-bond donors (Lipinski definition) is 2. The van der Waals surface area contributed by atoms with Crippen LogP contribution in [-0.4, -0.2) is 6.04 Å². The molecule has 94 valence electrons. The number of nitrogens with two attached hydrogens (primary N) is 1. The van der Waals surface area contributed by atoms with E-state index < -0.39 is 0 Å². The fraction of sp³-hybridized carbons (Fsp3) is 0.538. The van der Waals surface area contributed by atoms with Gasteiger partial charge in [0.1, 0.15) is 5.82 Å². The summed E-state index contributed by atoms with van der Waals surface area (Å²) in [5.41, 5.74) is 3.74. The van der Waals surface area contributed by atoms with E-state index in [1.165, 1.54) is 0 Å². The topological polar surface area (TPSA) is 38.0 Å². The van der Waals surface area contributed by atoms with Crippen molar-refractivity contribution in [3.05, 3.63) is 34.6 Å². The Morgan fingerprint density at radius 1 is 1.59 bits per heavy atom. The summed E-state index contributed by atoms with van der Waals surface area (Å²) in [5.74, 6) is 5.74. The highest BCUT2D eigenvalue weighted by Crippen LogP contribution is 2.53. The molecule has 1 aromatic rings. The predicted octanol–water partition coefficient (Wildman–Crippen LogP) is 2.90. The van der Waals surface area contributed by atoms with Crippen LogP contribution in [0, 0.1) is 17.2 Å². The second kappa shape index (κ2) is 4.56. The van der Waals surface area contributed by atoms with Gasteiger partial charge < -0.3 is 0 Å². The van der Waals surface area contributed by atoms with Crippen molar-refractivity contribution < 1.29 is 4.39 Å². The fourth-order valence-corrected chi connectivity index (χ4v) is 2.65. The summed E-state index contributed by atoms with van der Waals surface area (Å²) in [4.78, 5) is 0. The molecule has 2 atom stereocenters. The van der Waals surface area contributed by atoms with Crippen molar-refractivity contribution in [2.75, 3.05) is 0 Å². The van der Waals surface area contributed by atoms with Crippen molar-refractivity contribution in [2.24, 2.45) is 17.2 Å². The first-order valence-corrected chi connectivity index (χ1v) is 6.22. The van der Waals surface area contributed by atoms with Gasteiger partial charge in [-0.15, -0.1) is 0 Å². The highest BCUT2D eigenvalue weighted by atomic mass is 35.5. The summed E-state index contributed by atoms with van der Waals surface area (Å²) >= 11 is 5.77. The average molecular weight is 257 g/mol. The van der Waals surface area contributed by atoms with Gasteiger partial charge in [0.15, 0.2) is 0 Å². The Hall–Kier alpha value is -0.640. The lowest BCUT2D eigenvalue weighted by molar-refractivity contribution is 0.404. The van der Waals surface area contributed by atoms with Crippen LogP contribution >= 0.6 is 11.6 Å². The van der Waals surface area contributed by atoms with Gasteiger partial charge in [-0.3, -0.25) is 11.3 Å². The second-order valence-corrected chi connectivity index (χ2v) is 5.90. The molecule has 0 radical (unpaired) electrons. The van der Waals surface area contributed by atoms with E-state index in [-0.39, 0.29) is 16.9 Å². The largest absolute Gasteiger partial charge is 0.271 e. The van der Waals surface area contributed by atoms with Gasteiger partial charge in [0.05, 0.1) is 5.02 Å². The third kappa shape index (κ3) is 2.62. The maximum atomic E-state index is 13.8. The molecule has 17 heavy (non-hydrogen) atoms. The van der Waals surface area contributed by atoms with Crippen LogP contribution in [0.2, 0.25) is 5.02 Å². The zero-order chi connectivity index (χ0) is 12.6. The zero-order valence-corrected chi connectivity index (χ0v) is 10.9. The Labute approximate surface area is 106 Å². The Kier molecular flexibility index (Phi) is 3.43. The number of halogens is 2. The number of hydrazine groups is 1. The minimum Gasteiger partial charge on any atom is -0.271 e. The van der Waals surface area contributed by atoms with E-state index in [9.17, 15) is 4.39 Å². The quantitative estimate of drug-likeness (QED) is 0.642. The van der Waals surface area contributed by atoms with E-state index in [4.69, 9.17) is 17.4 Å². The Morgan fingerprint density at radius 2 is 2.24 bits per heavy atom. The molecule has 0 heterocycles. The van der Waals surface area contributed by atoms with Gasteiger partial charge in [-0.05, 0) is 35.8 Å². The first kappa shape index (κ1) is 12.8. The lowest BCUT2D eigenvalue weighted by Crippen LogP contribution is -2.39. The summed E-state index contributed by atoms with van der Waals surface area (Å²) in [5, 5.41) is 0.174. The number of nitrogens with one attached hydrogen (secondary N) is 1. The molecule has 1 saturated carbocycles. The third-order valence-corrected chi connectivity index (χ3v) is 4.05. The number of hydrogen-bond acceptors (Lipinski definition) is 2. The van der Waals surface area contributed by atoms with E-state index in [0.717, 1.165) is 6.42 Å². The molecule has 0 bridgehead atoms. The molecule has 1 aliphatic rings. The van der Waals surface area contributed by atoms with Crippen molar-refractivity contribution in [1.29, 1.82) is 0 Å². The smallest absolute Gasteiger partial charge is 0.145 e. The van der Waals surface area contributed by atoms with Gasteiger partial charge in [-0.25, -0.2) is 4.39 Å². The molecular weight excluding hydrogens is 239 g/mol. The second-order valence-electron chi connectivity index (χ2n) is 5.49. The van der Waals surface area contributed by atoms with Crippen molar-refractivity contribution in [3.8, 4) is 0 Å². The minimum absolute atomic E-state index is 0.109. The highest BCUT2D eigenvalue weighted by molar-refractivity contribution is 6.30. The SMILES string of the molecule is CC1(C)CC1C(Cc1cccc(Cl)c1F)NN. The standard InChI is InChI=1S/C13H18ClFN2/c1-13(2)7-9(13)11(17-16)6-8-4-3-5-10(14)12(8)15/h3-5,9,11,17H,6-7,16H2,1-2H3. The van der Waals surface area contributed by atoms with Crippen LogP contribution in [0.15, 0.2) is 18.2 Å². The fourth-order valence-electron chi connectivity index (χ4n) is 2.46. The van der Waals surface area contributed by atoms with E-state index in [0.29, 0.717) is 23.3 Å². The summed E-state index contributed by atoms with van der Waals surface area (Å²) in [6.07, 6.45) is 1.71. The molecule has 2 unspecified atom stereocenters. The number of benzene rings is 1. The van der Waals surface area contributed by atoms with Gasteiger partial charge >= 0.3 is 0 Å². The molecule has 2 rings (SSSR count). The molecule has 0 saturated heterocycles. The van der Waals surface area contributed by atoms with Crippen LogP contribution in [0.3, 0.4) is 0 Å². The minimum atomic E-state index is -0.326. The molecule has 4 heteroatoms. The monoisotopic (exact) mass is 256 g/mol. The summed E-state index contributed by atoms with van der Waals surface area (Å²) in [7, 11) is 0. The van der Waals surface area contributed by atoms with Gasteiger partial charge in [-0.1, -0.05) is 37.6 Å². The average Bonchev–Trinajstić information content (AvgIpc) is 2.90. The van der Waals surface area contributed by atoms with Crippen LogP contribution in [0.25, 0.3) is 0 Å². The van der Waals surface area contributed by atoms with Crippen LogP contribution in [0.1, 0.15) is 25.8 Å². The summed E-state index contributed by atoms with van der Waals surface area (Å²) < 4.78 is 13.8.